The predicted octanol–water partition coefficient (Wildman–Crippen LogP) is 2.18. The molecule has 21 heavy (non-hydrogen) atoms. The zero-order valence-electron chi connectivity index (χ0n) is 12.5. The van der Waals surface area contributed by atoms with Crippen molar-refractivity contribution in [1.82, 2.24) is 9.97 Å². The van der Waals surface area contributed by atoms with Gasteiger partial charge in [0.2, 0.25) is 5.95 Å². The average molecular weight is 283 g/mol. The van der Waals surface area contributed by atoms with Crippen LogP contribution in [0.3, 0.4) is 0 Å². The second kappa shape index (κ2) is 4.73. The Morgan fingerprint density at radius 3 is 2.52 bits per heavy atom. The molecule has 1 amide bonds. The lowest BCUT2D eigenvalue weighted by Gasteiger charge is -2.22. The molecule has 1 aliphatic heterocycles. The van der Waals surface area contributed by atoms with Gasteiger partial charge in [-0.2, -0.15) is 4.98 Å². The first kappa shape index (κ1) is 13.4. The van der Waals surface area contributed by atoms with Crippen LogP contribution in [0.2, 0.25) is 0 Å². The van der Waals surface area contributed by atoms with Gasteiger partial charge in [0.05, 0.1) is 16.9 Å². The molecule has 3 rings (SSSR count). The number of para-hydroxylation sites is 1. The Hall–Kier alpha value is -2.63. The van der Waals surface area contributed by atoms with Gasteiger partial charge in [-0.25, -0.2) is 4.98 Å². The lowest BCUT2D eigenvalue weighted by Crippen LogP contribution is -2.26. The summed E-state index contributed by atoms with van der Waals surface area (Å²) >= 11 is 0. The molecule has 0 fully saturated rings. The quantitative estimate of drug-likeness (QED) is 0.869. The van der Waals surface area contributed by atoms with Crippen molar-refractivity contribution in [3.05, 3.63) is 35.5 Å². The van der Waals surface area contributed by atoms with E-state index < -0.39 is 0 Å². The number of hydrogen-bond acceptors (Lipinski definition) is 5. The van der Waals surface area contributed by atoms with Crippen molar-refractivity contribution in [3.8, 4) is 0 Å². The molecule has 108 valence electrons. The van der Waals surface area contributed by atoms with Crippen molar-refractivity contribution < 1.29 is 4.79 Å². The number of amides is 1. The lowest BCUT2D eigenvalue weighted by atomic mass is 10.1. The monoisotopic (exact) mass is 283 g/mol. The molecular weight excluding hydrogens is 266 g/mol. The molecule has 1 aromatic heterocycles. The third-order valence-corrected chi connectivity index (χ3v) is 3.72. The topological polar surface area (TPSA) is 61.4 Å². The van der Waals surface area contributed by atoms with E-state index >= 15 is 0 Å². The lowest BCUT2D eigenvalue weighted by molar-refractivity contribution is 0.0994. The van der Waals surface area contributed by atoms with E-state index in [1.807, 2.05) is 43.1 Å². The first-order chi connectivity index (χ1) is 10.0. The Balaban J connectivity index is 2.33. The summed E-state index contributed by atoms with van der Waals surface area (Å²) in [7, 11) is 5.45. The molecule has 0 saturated heterocycles. The minimum atomic E-state index is -0.0555. The van der Waals surface area contributed by atoms with Crippen molar-refractivity contribution in [1.29, 1.82) is 0 Å². The highest BCUT2D eigenvalue weighted by molar-refractivity contribution is 6.13. The van der Waals surface area contributed by atoms with E-state index in [1.54, 1.807) is 19.0 Å². The van der Waals surface area contributed by atoms with E-state index in [1.165, 1.54) is 0 Å². The maximum Gasteiger partial charge on any atom is 0.260 e. The highest BCUT2D eigenvalue weighted by atomic mass is 16.2. The van der Waals surface area contributed by atoms with E-state index in [0.29, 0.717) is 17.3 Å². The van der Waals surface area contributed by atoms with Crippen molar-refractivity contribution in [3.63, 3.8) is 0 Å². The van der Waals surface area contributed by atoms with Crippen molar-refractivity contribution >= 4 is 29.0 Å². The summed E-state index contributed by atoms with van der Waals surface area (Å²) in [5.74, 6) is 1.20. The van der Waals surface area contributed by atoms with Gasteiger partial charge < -0.3 is 15.1 Å². The fourth-order valence-electron chi connectivity index (χ4n) is 2.63. The summed E-state index contributed by atoms with van der Waals surface area (Å²) in [4.78, 5) is 25.1. The van der Waals surface area contributed by atoms with Gasteiger partial charge in [-0.3, -0.25) is 4.79 Å². The Kier molecular flexibility index (Phi) is 3.01. The molecule has 0 spiro atoms. The number of fused-ring (bicyclic) bond motifs is 2. The predicted molar refractivity (Wildman–Crippen MR) is 83.6 cm³/mol. The summed E-state index contributed by atoms with van der Waals surface area (Å²) in [5, 5.41) is 2.96. The number of anilines is 4. The molecule has 1 N–H and O–H groups in total. The average Bonchev–Trinajstić information content (AvgIpc) is 2.58. The number of aromatic nitrogens is 2. The smallest absolute Gasteiger partial charge is 0.260 e. The van der Waals surface area contributed by atoms with Crippen LogP contribution in [-0.2, 0) is 0 Å². The SMILES string of the molecule is CNc1nc(C)c2c(n1)N(C)c1ccccc1C(=O)N2C. The molecule has 0 atom stereocenters. The van der Waals surface area contributed by atoms with Crippen LogP contribution in [0.5, 0.6) is 0 Å². The van der Waals surface area contributed by atoms with Crippen LogP contribution < -0.4 is 15.1 Å². The van der Waals surface area contributed by atoms with E-state index in [2.05, 4.69) is 15.3 Å². The zero-order chi connectivity index (χ0) is 15.1. The van der Waals surface area contributed by atoms with Crippen LogP contribution in [0.25, 0.3) is 0 Å². The molecule has 0 unspecified atom stereocenters. The van der Waals surface area contributed by atoms with Gasteiger partial charge in [-0.15, -0.1) is 0 Å². The third-order valence-electron chi connectivity index (χ3n) is 3.72. The Morgan fingerprint density at radius 2 is 1.81 bits per heavy atom. The number of hydrogen-bond donors (Lipinski definition) is 1. The van der Waals surface area contributed by atoms with Gasteiger partial charge in [0.15, 0.2) is 5.82 Å². The van der Waals surface area contributed by atoms with Crippen molar-refractivity contribution in [2.45, 2.75) is 6.92 Å². The van der Waals surface area contributed by atoms with Crippen molar-refractivity contribution in [2.75, 3.05) is 36.3 Å². The maximum atomic E-state index is 12.7. The van der Waals surface area contributed by atoms with Crippen LogP contribution >= 0.6 is 0 Å². The number of rotatable bonds is 1. The highest BCUT2D eigenvalue weighted by Crippen LogP contribution is 2.39. The minimum Gasteiger partial charge on any atom is -0.357 e. The maximum absolute atomic E-state index is 12.7. The summed E-state index contributed by atoms with van der Waals surface area (Å²) in [6.45, 7) is 1.88. The largest absolute Gasteiger partial charge is 0.357 e. The number of carbonyl (C=O) groups excluding carboxylic acids is 1. The van der Waals surface area contributed by atoms with Crippen LogP contribution in [0.15, 0.2) is 24.3 Å². The molecule has 6 nitrogen and oxygen atoms in total. The molecule has 1 aromatic carbocycles. The summed E-state index contributed by atoms with van der Waals surface area (Å²) < 4.78 is 0. The minimum absolute atomic E-state index is 0.0555. The van der Waals surface area contributed by atoms with E-state index in [0.717, 1.165) is 17.1 Å². The Morgan fingerprint density at radius 1 is 1.10 bits per heavy atom. The van der Waals surface area contributed by atoms with Gasteiger partial charge in [0, 0.05) is 21.1 Å². The number of nitrogens with one attached hydrogen (secondary N) is 1. The Labute approximate surface area is 123 Å². The third kappa shape index (κ3) is 1.91. The second-order valence-corrected chi connectivity index (χ2v) is 5.00. The second-order valence-electron chi connectivity index (χ2n) is 5.00. The van der Waals surface area contributed by atoms with Gasteiger partial charge in [-0.1, -0.05) is 12.1 Å². The molecule has 0 saturated carbocycles. The van der Waals surface area contributed by atoms with Crippen LogP contribution in [0, 0.1) is 6.92 Å². The highest BCUT2D eigenvalue weighted by Gasteiger charge is 2.30. The fourth-order valence-corrected chi connectivity index (χ4v) is 2.63. The zero-order valence-corrected chi connectivity index (χ0v) is 12.5. The van der Waals surface area contributed by atoms with Crippen LogP contribution in [0.1, 0.15) is 16.1 Å². The van der Waals surface area contributed by atoms with E-state index in [9.17, 15) is 4.79 Å². The molecule has 0 bridgehead atoms. The normalized spacial score (nSPS) is 13.6. The number of aryl methyl sites for hydroxylation is 1. The summed E-state index contributed by atoms with van der Waals surface area (Å²) in [6, 6.07) is 7.54. The molecule has 6 heteroatoms. The molecular formula is C15H17N5O. The summed E-state index contributed by atoms with van der Waals surface area (Å²) in [5.41, 5.74) is 3.00. The van der Waals surface area contributed by atoms with Gasteiger partial charge >= 0.3 is 0 Å². The van der Waals surface area contributed by atoms with Gasteiger partial charge in [0.25, 0.3) is 5.91 Å². The number of benzene rings is 1. The van der Waals surface area contributed by atoms with Gasteiger partial charge in [0.1, 0.15) is 5.69 Å². The van der Waals surface area contributed by atoms with Crippen LogP contribution in [-0.4, -0.2) is 37.0 Å². The van der Waals surface area contributed by atoms with E-state index in [-0.39, 0.29) is 5.91 Å². The number of carbonyl (C=O) groups is 1. The standard InChI is InChI=1S/C15H17N5O/c1-9-12-13(18-15(16-2)17-9)19(3)11-8-6-5-7-10(11)14(21)20(12)4/h5-8H,1-4H3,(H,16,17,18). The first-order valence-electron chi connectivity index (χ1n) is 6.71. The number of nitrogens with zero attached hydrogens (tertiary/aromatic N) is 4. The summed E-state index contributed by atoms with van der Waals surface area (Å²) in [6.07, 6.45) is 0. The Bertz CT molecular complexity index is 728. The molecule has 2 aromatic rings. The first-order valence-corrected chi connectivity index (χ1v) is 6.71. The van der Waals surface area contributed by atoms with E-state index in [4.69, 9.17) is 0 Å². The molecule has 2 heterocycles. The van der Waals surface area contributed by atoms with Crippen LogP contribution in [0.4, 0.5) is 23.1 Å². The molecule has 1 aliphatic rings. The molecule has 0 aliphatic carbocycles. The fraction of sp³-hybridized carbons (Fsp3) is 0.267. The van der Waals surface area contributed by atoms with Crippen molar-refractivity contribution in [2.24, 2.45) is 0 Å². The van der Waals surface area contributed by atoms with Gasteiger partial charge in [-0.05, 0) is 19.1 Å². The molecule has 0 radical (unpaired) electrons.